The topological polar surface area (TPSA) is 37.8 Å². The molecule has 0 unspecified atom stereocenters. The van der Waals surface area contributed by atoms with Crippen LogP contribution in [0.2, 0.25) is 0 Å². The first-order valence-electron chi connectivity index (χ1n) is 5.55. The molecule has 0 saturated carbocycles. The molecule has 0 aliphatic rings. The summed E-state index contributed by atoms with van der Waals surface area (Å²) in [5, 5.41) is 3.23. The summed E-state index contributed by atoms with van der Waals surface area (Å²) < 4.78 is 13.3. The van der Waals surface area contributed by atoms with Gasteiger partial charge in [-0.05, 0) is 29.8 Å². The Morgan fingerprint density at radius 1 is 1.24 bits per heavy atom. The van der Waals surface area contributed by atoms with Crippen LogP contribution in [0.3, 0.4) is 0 Å². The van der Waals surface area contributed by atoms with Gasteiger partial charge in [0.15, 0.2) is 0 Å². The Hall–Kier alpha value is -1.81. The molecule has 0 spiro atoms. The molecule has 3 nitrogen and oxygen atoms in total. The van der Waals surface area contributed by atoms with Crippen LogP contribution in [0, 0.1) is 5.82 Å². The minimum Gasteiger partial charge on any atom is -0.313 e. The van der Waals surface area contributed by atoms with E-state index < -0.39 is 0 Å². The van der Waals surface area contributed by atoms with Crippen molar-refractivity contribution in [2.24, 2.45) is 0 Å². The molecule has 0 aliphatic carbocycles. The van der Waals surface area contributed by atoms with Crippen molar-refractivity contribution in [1.82, 2.24) is 15.3 Å². The van der Waals surface area contributed by atoms with E-state index in [1.807, 2.05) is 6.92 Å². The lowest BCUT2D eigenvalue weighted by atomic mass is 10.0. The Balaban J connectivity index is 2.40. The molecule has 0 bridgehead atoms. The maximum Gasteiger partial charge on any atom is 0.123 e. The van der Waals surface area contributed by atoms with Gasteiger partial charge < -0.3 is 5.32 Å². The lowest BCUT2D eigenvalue weighted by molar-refractivity contribution is 0.626. The van der Waals surface area contributed by atoms with Crippen LogP contribution in [0.4, 0.5) is 4.39 Å². The van der Waals surface area contributed by atoms with E-state index in [0.29, 0.717) is 6.54 Å². The van der Waals surface area contributed by atoms with E-state index in [0.717, 1.165) is 23.2 Å². The molecule has 0 amide bonds. The van der Waals surface area contributed by atoms with Gasteiger partial charge in [-0.3, -0.25) is 0 Å². The highest BCUT2D eigenvalue weighted by atomic mass is 19.1. The van der Waals surface area contributed by atoms with Gasteiger partial charge in [0.2, 0.25) is 0 Å². The highest BCUT2D eigenvalue weighted by Crippen LogP contribution is 2.23. The van der Waals surface area contributed by atoms with Gasteiger partial charge in [0.25, 0.3) is 0 Å². The third-order valence-corrected chi connectivity index (χ3v) is 2.51. The van der Waals surface area contributed by atoms with Gasteiger partial charge in [-0.1, -0.05) is 13.0 Å². The molecule has 1 heterocycles. The van der Waals surface area contributed by atoms with E-state index in [1.165, 1.54) is 18.5 Å². The van der Waals surface area contributed by atoms with Crippen molar-refractivity contribution in [3.05, 3.63) is 48.3 Å². The zero-order valence-electron chi connectivity index (χ0n) is 9.65. The van der Waals surface area contributed by atoms with E-state index in [2.05, 4.69) is 15.3 Å². The predicted molar refractivity (Wildman–Crippen MR) is 64.8 cm³/mol. The van der Waals surface area contributed by atoms with Gasteiger partial charge in [-0.25, -0.2) is 14.4 Å². The first-order chi connectivity index (χ1) is 8.31. The molecule has 0 fully saturated rings. The second-order valence-electron chi connectivity index (χ2n) is 3.71. The van der Waals surface area contributed by atoms with Crippen LogP contribution >= 0.6 is 0 Å². The van der Waals surface area contributed by atoms with Gasteiger partial charge in [-0.15, -0.1) is 0 Å². The van der Waals surface area contributed by atoms with Gasteiger partial charge in [-0.2, -0.15) is 0 Å². The molecule has 0 aliphatic heterocycles. The Kier molecular flexibility index (Phi) is 3.77. The summed E-state index contributed by atoms with van der Waals surface area (Å²) >= 11 is 0. The highest BCUT2D eigenvalue weighted by molar-refractivity contribution is 5.65. The van der Waals surface area contributed by atoms with Crippen molar-refractivity contribution >= 4 is 0 Å². The molecule has 1 aromatic carbocycles. The average Bonchev–Trinajstić information content (AvgIpc) is 2.38. The van der Waals surface area contributed by atoms with Crippen molar-refractivity contribution in [3.63, 3.8) is 0 Å². The van der Waals surface area contributed by atoms with Crippen LogP contribution in [0.15, 0.2) is 36.9 Å². The number of aromatic nitrogens is 2. The molecular weight excluding hydrogens is 217 g/mol. The third-order valence-electron chi connectivity index (χ3n) is 2.51. The molecule has 0 saturated heterocycles. The van der Waals surface area contributed by atoms with Crippen molar-refractivity contribution in [2.75, 3.05) is 6.54 Å². The number of hydrogen-bond donors (Lipinski definition) is 1. The van der Waals surface area contributed by atoms with Crippen molar-refractivity contribution in [3.8, 4) is 11.1 Å². The van der Waals surface area contributed by atoms with Gasteiger partial charge in [0.05, 0.1) is 0 Å². The molecule has 88 valence electrons. The first kappa shape index (κ1) is 11.7. The van der Waals surface area contributed by atoms with Crippen LogP contribution in [-0.4, -0.2) is 16.5 Å². The fourth-order valence-corrected chi connectivity index (χ4v) is 1.67. The second-order valence-corrected chi connectivity index (χ2v) is 3.71. The van der Waals surface area contributed by atoms with Crippen molar-refractivity contribution in [2.45, 2.75) is 13.5 Å². The number of halogens is 1. The van der Waals surface area contributed by atoms with E-state index in [4.69, 9.17) is 0 Å². The minimum atomic E-state index is -0.246. The van der Waals surface area contributed by atoms with Crippen LogP contribution in [0.5, 0.6) is 0 Å². The lowest BCUT2D eigenvalue weighted by Crippen LogP contribution is -2.12. The molecule has 1 N–H and O–H groups in total. The molecule has 0 radical (unpaired) electrons. The van der Waals surface area contributed by atoms with E-state index in [-0.39, 0.29) is 5.82 Å². The Morgan fingerprint density at radius 3 is 2.71 bits per heavy atom. The number of hydrogen-bond acceptors (Lipinski definition) is 3. The SMILES string of the molecule is CCNCc1ccc(F)cc1-c1cncnc1. The maximum absolute atomic E-state index is 13.3. The molecular formula is C13H14FN3. The standard InChI is InChI=1S/C13H14FN3/c1-2-15-6-10-3-4-12(14)5-13(10)11-7-16-9-17-8-11/h3-5,7-9,15H,2,6H2,1H3. The van der Waals surface area contributed by atoms with Crippen molar-refractivity contribution < 1.29 is 4.39 Å². The van der Waals surface area contributed by atoms with Gasteiger partial charge in [0, 0.05) is 24.5 Å². The van der Waals surface area contributed by atoms with E-state index in [9.17, 15) is 4.39 Å². The lowest BCUT2D eigenvalue weighted by Gasteiger charge is -2.09. The summed E-state index contributed by atoms with van der Waals surface area (Å²) in [5.74, 6) is -0.246. The molecule has 1 aromatic heterocycles. The third kappa shape index (κ3) is 2.85. The Morgan fingerprint density at radius 2 is 2.00 bits per heavy atom. The first-order valence-corrected chi connectivity index (χ1v) is 5.55. The van der Waals surface area contributed by atoms with Crippen LogP contribution in [0.1, 0.15) is 12.5 Å². The van der Waals surface area contributed by atoms with Gasteiger partial charge in [0.1, 0.15) is 12.1 Å². The monoisotopic (exact) mass is 231 g/mol. The highest BCUT2D eigenvalue weighted by Gasteiger charge is 2.06. The zero-order valence-corrected chi connectivity index (χ0v) is 9.65. The number of nitrogens with one attached hydrogen (secondary N) is 1. The number of benzene rings is 1. The molecule has 2 aromatic rings. The minimum absolute atomic E-state index is 0.246. The van der Waals surface area contributed by atoms with Gasteiger partial charge >= 0.3 is 0 Å². The molecule has 4 heteroatoms. The molecule has 0 atom stereocenters. The van der Waals surface area contributed by atoms with Crippen LogP contribution in [-0.2, 0) is 6.54 Å². The zero-order chi connectivity index (χ0) is 12.1. The van der Waals surface area contributed by atoms with E-state index >= 15 is 0 Å². The Bertz CT molecular complexity index is 485. The van der Waals surface area contributed by atoms with Crippen LogP contribution in [0.25, 0.3) is 11.1 Å². The summed E-state index contributed by atoms with van der Waals surface area (Å²) in [6.45, 7) is 3.62. The largest absolute Gasteiger partial charge is 0.313 e. The van der Waals surface area contributed by atoms with Crippen molar-refractivity contribution in [1.29, 1.82) is 0 Å². The van der Waals surface area contributed by atoms with E-state index in [1.54, 1.807) is 18.5 Å². The maximum atomic E-state index is 13.3. The fraction of sp³-hybridized carbons (Fsp3) is 0.231. The number of nitrogens with zero attached hydrogens (tertiary/aromatic N) is 2. The smallest absolute Gasteiger partial charge is 0.123 e. The summed E-state index contributed by atoms with van der Waals surface area (Å²) in [7, 11) is 0. The quantitative estimate of drug-likeness (QED) is 0.878. The summed E-state index contributed by atoms with van der Waals surface area (Å²) in [6, 6.07) is 4.78. The number of rotatable bonds is 4. The molecule has 2 rings (SSSR count). The Labute approximate surface area is 99.7 Å². The predicted octanol–water partition coefficient (Wildman–Crippen LogP) is 2.39. The summed E-state index contributed by atoms with van der Waals surface area (Å²) in [4.78, 5) is 7.92. The average molecular weight is 231 g/mol. The summed E-state index contributed by atoms with van der Waals surface area (Å²) in [6.07, 6.45) is 4.85. The fourth-order valence-electron chi connectivity index (χ4n) is 1.67. The second kappa shape index (κ2) is 5.50. The van der Waals surface area contributed by atoms with Crippen LogP contribution < -0.4 is 5.32 Å². The normalized spacial score (nSPS) is 10.5. The molecule has 17 heavy (non-hydrogen) atoms. The summed E-state index contributed by atoms with van der Waals surface area (Å²) in [5.41, 5.74) is 2.72.